The standard InChI is InChI=1S/2C32H23ClF8N8O4S/c2*1-47-27-23(6-5-20(33)26(27)28(45-47)46-54(2,52)53)49-29(43-21-12-16(31(36,37)38)3-4-19(21)30(49)51)22(11-15-9-17(34)13-18(35)10-15)42-25(50)14-48-8-7-24(44-48)32(39,40)41/h2*3-10,12-13,22H,11,14H2,1-2H3,(H,42,50)(H,45,46)/t2*22-/m00/s1. The van der Waals surface area contributed by atoms with Crippen LogP contribution in [-0.2, 0) is 94.4 Å². The molecule has 108 heavy (non-hydrogen) atoms. The summed E-state index contributed by atoms with van der Waals surface area (Å²) < 4.78 is 278. The van der Waals surface area contributed by atoms with Crippen LogP contribution in [0, 0.1) is 23.3 Å². The zero-order valence-electron chi connectivity index (χ0n) is 54.8. The number of aryl methyl sites for hydroxylation is 2. The second-order valence-corrected chi connectivity index (χ2v) is 28.3. The van der Waals surface area contributed by atoms with E-state index in [0.29, 0.717) is 57.9 Å². The van der Waals surface area contributed by atoms with Crippen molar-refractivity contribution in [2.45, 2.75) is 62.7 Å². The van der Waals surface area contributed by atoms with E-state index < -0.39 is 174 Å². The maximum absolute atomic E-state index is 14.4. The third kappa shape index (κ3) is 17.1. The SMILES string of the molecule is Cn1nc(NS(C)(=O)=O)c2c(Cl)ccc(-n3c([C@H](Cc4cc(F)cc(F)c4)NC(=O)Cn4ccc(C(F)(F)F)n4)nc4cc(C(F)(F)F)ccc4c3=O)c21.Cn1nc(NS(C)(=O)=O)c2c(Cl)ccc(-n3c([C@H](Cc4cc(F)cc(F)c4)NC(=O)Cn4ccc(C(F)(F)F)n4)nc4cc(C(F)(F)F)ccc4c3=O)c21. The first-order valence-electron chi connectivity index (χ1n) is 30.4. The van der Waals surface area contributed by atoms with Crippen LogP contribution >= 0.6 is 23.2 Å². The molecule has 0 spiro atoms. The second-order valence-electron chi connectivity index (χ2n) is 24.0. The summed E-state index contributed by atoms with van der Waals surface area (Å²) in [5.74, 6) is -7.87. The van der Waals surface area contributed by atoms with Gasteiger partial charge in [-0.15, -0.1) is 0 Å². The number of benzene rings is 6. The van der Waals surface area contributed by atoms with Crippen LogP contribution in [0.1, 0.15) is 57.4 Å². The van der Waals surface area contributed by atoms with Gasteiger partial charge in [0.1, 0.15) is 48.0 Å². The van der Waals surface area contributed by atoms with Crippen LogP contribution < -0.4 is 31.2 Å². The van der Waals surface area contributed by atoms with Crippen LogP contribution in [0.25, 0.3) is 55.0 Å². The molecule has 0 aliphatic carbocycles. The monoisotopic (exact) mass is 1600 g/mol. The van der Waals surface area contributed by atoms with E-state index in [4.69, 9.17) is 23.2 Å². The number of carbonyl (C=O) groups excluding carboxylic acids is 2. The first kappa shape index (κ1) is 77.9. The van der Waals surface area contributed by atoms with Crippen molar-refractivity contribution >= 4 is 110 Å². The zero-order chi connectivity index (χ0) is 79.0. The van der Waals surface area contributed by atoms with Gasteiger partial charge in [-0.1, -0.05) is 23.2 Å². The number of sulfonamides is 2. The van der Waals surface area contributed by atoms with Gasteiger partial charge in [0.2, 0.25) is 31.9 Å². The molecule has 0 saturated carbocycles. The van der Waals surface area contributed by atoms with Gasteiger partial charge in [-0.3, -0.25) is 56.5 Å². The van der Waals surface area contributed by atoms with E-state index in [2.05, 4.69) is 50.4 Å². The molecule has 2 atom stereocenters. The first-order valence-corrected chi connectivity index (χ1v) is 35.0. The zero-order valence-corrected chi connectivity index (χ0v) is 57.9. The molecule has 568 valence electrons. The molecule has 2 amide bonds. The molecule has 44 heteroatoms. The maximum atomic E-state index is 14.4. The van der Waals surface area contributed by atoms with Gasteiger partial charge in [0.25, 0.3) is 11.1 Å². The normalized spacial score (nSPS) is 13.1. The Morgan fingerprint density at radius 1 is 0.472 bits per heavy atom. The Bertz CT molecular complexity index is 5600. The van der Waals surface area contributed by atoms with Crippen LogP contribution in [0.15, 0.2) is 131 Å². The van der Waals surface area contributed by atoms with E-state index >= 15 is 0 Å². The summed E-state index contributed by atoms with van der Waals surface area (Å²) in [6.07, 6.45) is -17.2. The number of nitrogens with one attached hydrogen (secondary N) is 4. The summed E-state index contributed by atoms with van der Waals surface area (Å²) in [6, 6.07) is 11.8. The van der Waals surface area contributed by atoms with Crippen LogP contribution in [0.4, 0.5) is 81.9 Å². The van der Waals surface area contributed by atoms with Crippen molar-refractivity contribution in [1.29, 1.82) is 0 Å². The molecular weight excluding hydrogens is 1560 g/mol. The largest absolute Gasteiger partial charge is 0.435 e. The average molecular weight is 1610 g/mol. The summed E-state index contributed by atoms with van der Waals surface area (Å²) in [5.41, 5.74) is -8.65. The number of alkyl halides is 12. The topological polar surface area (TPSA) is 292 Å². The van der Waals surface area contributed by atoms with E-state index in [0.717, 1.165) is 79.8 Å². The minimum atomic E-state index is -4.89. The van der Waals surface area contributed by atoms with Gasteiger partial charge >= 0.3 is 24.7 Å². The first-order chi connectivity index (χ1) is 50.2. The van der Waals surface area contributed by atoms with Crippen molar-refractivity contribution in [1.82, 2.24) is 68.9 Å². The molecule has 0 aliphatic heterocycles. The molecule has 0 radical (unpaired) electrons. The maximum Gasteiger partial charge on any atom is 0.435 e. The molecule has 6 aromatic carbocycles. The molecule has 0 aliphatic rings. The quantitative estimate of drug-likeness (QED) is 0.0581. The highest BCUT2D eigenvalue weighted by atomic mass is 35.5. The molecule has 12 aromatic rings. The van der Waals surface area contributed by atoms with Crippen molar-refractivity contribution < 1.29 is 96.7 Å². The number of halogens is 18. The number of carbonyl (C=O) groups is 2. The van der Waals surface area contributed by atoms with Gasteiger partial charge in [0.15, 0.2) is 23.0 Å². The number of anilines is 2. The van der Waals surface area contributed by atoms with Crippen molar-refractivity contribution in [3.8, 4) is 11.4 Å². The van der Waals surface area contributed by atoms with E-state index in [1.54, 1.807) is 0 Å². The van der Waals surface area contributed by atoms with E-state index in [1.807, 2.05) is 0 Å². The fourth-order valence-corrected chi connectivity index (χ4v) is 13.1. The lowest BCUT2D eigenvalue weighted by Crippen LogP contribution is -2.37. The fraction of sp³-hybridized carbons (Fsp3) is 0.219. The van der Waals surface area contributed by atoms with Crippen molar-refractivity contribution in [2.75, 3.05) is 22.0 Å². The summed E-state index contributed by atoms with van der Waals surface area (Å²) >= 11 is 12.9. The molecule has 0 saturated heterocycles. The molecule has 0 unspecified atom stereocenters. The minimum absolute atomic E-state index is 0.0110. The Balaban J connectivity index is 0.000000215. The highest BCUT2D eigenvalue weighted by molar-refractivity contribution is 7.92. The predicted molar refractivity (Wildman–Crippen MR) is 357 cm³/mol. The lowest BCUT2D eigenvalue weighted by Gasteiger charge is -2.24. The lowest BCUT2D eigenvalue weighted by atomic mass is 10.0. The molecule has 12 rings (SSSR count). The van der Waals surface area contributed by atoms with E-state index in [-0.39, 0.29) is 76.8 Å². The third-order valence-electron chi connectivity index (χ3n) is 15.8. The number of hydrogen-bond donors (Lipinski definition) is 4. The average Bonchev–Trinajstić information content (AvgIpc) is 1.36. The number of aromatic nitrogens is 12. The molecule has 0 fully saturated rings. The Morgan fingerprint density at radius 2 is 0.815 bits per heavy atom. The van der Waals surface area contributed by atoms with Gasteiger partial charge in [-0.05, 0) is 108 Å². The van der Waals surface area contributed by atoms with Crippen LogP contribution in [0.2, 0.25) is 10.0 Å². The fourth-order valence-electron chi connectivity index (χ4n) is 11.6. The van der Waals surface area contributed by atoms with Crippen LogP contribution in [0.5, 0.6) is 0 Å². The van der Waals surface area contributed by atoms with E-state index in [9.17, 15) is 106 Å². The highest BCUT2D eigenvalue weighted by Crippen LogP contribution is 2.40. The number of amides is 2. The van der Waals surface area contributed by atoms with Gasteiger partial charge in [0, 0.05) is 51.5 Å². The van der Waals surface area contributed by atoms with Crippen molar-refractivity contribution in [3.05, 3.63) is 221 Å². The Kier molecular flexibility index (Phi) is 20.8. The molecule has 0 bridgehead atoms. The number of nitrogens with zero attached hydrogens (tertiary/aromatic N) is 12. The summed E-state index contributed by atoms with van der Waals surface area (Å²) in [5, 5.41) is 19.0. The summed E-state index contributed by atoms with van der Waals surface area (Å²) in [6.45, 7) is -1.71. The second kappa shape index (κ2) is 28.9. The Morgan fingerprint density at radius 3 is 1.12 bits per heavy atom. The van der Waals surface area contributed by atoms with Crippen LogP contribution in [-0.4, -0.2) is 99.4 Å². The Hall–Kier alpha value is -11.1. The van der Waals surface area contributed by atoms with Crippen molar-refractivity contribution in [3.63, 3.8) is 0 Å². The lowest BCUT2D eigenvalue weighted by molar-refractivity contribution is -0.142. The molecule has 6 heterocycles. The molecular formula is C64H46Cl2F16N16O8S2. The number of hydrogen-bond acceptors (Lipinski definition) is 14. The molecule has 4 N–H and O–H groups in total. The number of rotatable bonds is 18. The summed E-state index contributed by atoms with van der Waals surface area (Å²) in [4.78, 5) is 64.5. The van der Waals surface area contributed by atoms with Gasteiger partial charge < -0.3 is 10.6 Å². The smallest absolute Gasteiger partial charge is 0.344 e. The van der Waals surface area contributed by atoms with Crippen molar-refractivity contribution in [2.24, 2.45) is 14.1 Å². The van der Waals surface area contributed by atoms with Gasteiger partial charge in [0.05, 0.1) is 101 Å². The summed E-state index contributed by atoms with van der Waals surface area (Å²) in [7, 11) is -5.18. The van der Waals surface area contributed by atoms with Gasteiger partial charge in [-0.2, -0.15) is 73.1 Å². The molecule has 6 aromatic heterocycles. The van der Waals surface area contributed by atoms with Gasteiger partial charge in [-0.25, -0.2) is 44.4 Å². The minimum Gasteiger partial charge on any atom is -0.344 e. The van der Waals surface area contributed by atoms with E-state index in [1.165, 1.54) is 38.4 Å². The third-order valence-corrected chi connectivity index (χ3v) is 17.6. The van der Waals surface area contributed by atoms with Crippen LogP contribution in [0.3, 0.4) is 0 Å². The highest BCUT2D eigenvalue weighted by Gasteiger charge is 2.38. The number of fused-ring (bicyclic) bond motifs is 4. The Labute approximate surface area is 604 Å². The molecule has 24 nitrogen and oxygen atoms in total. The predicted octanol–water partition coefficient (Wildman–Crippen LogP) is 11.8.